The van der Waals surface area contributed by atoms with E-state index >= 15 is 0 Å². The van der Waals surface area contributed by atoms with E-state index < -0.39 is 15.9 Å². The molecule has 3 rings (SSSR count). The molecule has 1 heterocycles. The highest BCUT2D eigenvalue weighted by molar-refractivity contribution is 7.10. The predicted molar refractivity (Wildman–Crippen MR) is 113 cm³/mol. The van der Waals surface area contributed by atoms with Crippen LogP contribution >= 0.6 is 46.3 Å². The van der Waals surface area contributed by atoms with E-state index in [0.29, 0.717) is 11.4 Å². The number of hydrogen-bond acceptors (Lipinski definition) is 5. The Labute approximate surface area is 179 Å². The fraction of sp³-hybridized carbons (Fsp3) is 0.0588. The molecule has 7 nitrogen and oxygen atoms in total. The molecule has 0 aliphatic carbocycles. The first-order valence-electron chi connectivity index (χ1n) is 7.77. The third-order valence-electron chi connectivity index (χ3n) is 3.34. The van der Waals surface area contributed by atoms with Gasteiger partial charge in [0.25, 0.3) is 3.79 Å². The number of imide groups is 1. The molecule has 0 bridgehead atoms. The minimum atomic E-state index is -1.82. The van der Waals surface area contributed by atoms with E-state index in [2.05, 4.69) is 20.0 Å². The van der Waals surface area contributed by atoms with Crippen LogP contribution in [0.1, 0.15) is 5.82 Å². The van der Waals surface area contributed by atoms with Crippen molar-refractivity contribution in [3.8, 4) is 0 Å². The van der Waals surface area contributed by atoms with E-state index in [9.17, 15) is 9.59 Å². The van der Waals surface area contributed by atoms with E-state index in [1.807, 2.05) is 6.07 Å². The molecule has 11 heteroatoms. The van der Waals surface area contributed by atoms with Gasteiger partial charge in [-0.05, 0) is 24.3 Å². The highest BCUT2D eigenvalue weighted by Gasteiger charge is 2.30. The number of hydrogen-bond donors (Lipinski definition) is 2. The largest absolute Gasteiger partial charge is 0.336 e. The minimum Gasteiger partial charge on any atom is -0.307 e. The molecule has 0 radical (unpaired) electrons. The Morgan fingerprint density at radius 1 is 0.893 bits per heavy atom. The average Bonchev–Trinajstić information content (AvgIpc) is 3.12. The molecular weight excluding hydrogens is 445 g/mol. The number of carbonyl (C=O) groups excluding carboxylic acids is 2. The van der Waals surface area contributed by atoms with Gasteiger partial charge in [0.05, 0.1) is 5.69 Å². The molecule has 0 aliphatic rings. The molecule has 0 saturated carbocycles. The number of aromatic nitrogens is 2. The van der Waals surface area contributed by atoms with Crippen LogP contribution in [0.5, 0.6) is 0 Å². The molecule has 3 aromatic rings. The van der Waals surface area contributed by atoms with Crippen LogP contribution in [-0.4, -0.2) is 21.4 Å². The van der Waals surface area contributed by atoms with Crippen molar-refractivity contribution >= 4 is 74.9 Å². The topological polar surface area (TPSA) is 87.2 Å². The first-order valence-corrected chi connectivity index (χ1v) is 9.68. The lowest BCUT2D eigenvalue weighted by Crippen LogP contribution is -2.42. The normalized spacial score (nSPS) is 11.0. The van der Waals surface area contributed by atoms with Crippen molar-refractivity contribution in [3.63, 3.8) is 0 Å². The molecule has 144 valence electrons. The van der Waals surface area contributed by atoms with Gasteiger partial charge < -0.3 is 5.32 Å². The monoisotopic (exact) mass is 455 g/mol. The van der Waals surface area contributed by atoms with Crippen LogP contribution in [0.4, 0.5) is 26.1 Å². The van der Waals surface area contributed by atoms with Crippen molar-refractivity contribution in [1.29, 1.82) is 0 Å². The molecule has 0 fully saturated rings. The van der Waals surface area contributed by atoms with E-state index in [1.54, 1.807) is 54.6 Å². The number of nitrogens with one attached hydrogen (secondary N) is 2. The Bertz CT molecular complexity index is 964. The number of nitrogens with zero attached hydrogens (tertiary/aromatic N) is 3. The van der Waals surface area contributed by atoms with Gasteiger partial charge in [-0.3, -0.25) is 5.32 Å². The van der Waals surface area contributed by atoms with Crippen LogP contribution in [0.15, 0.2) is 60.7 Å². The van der Waals surface area contributed by atoms with Crippen LogP contribution in [0.25, 0.3) is 0 Å². The maximum absolute atomic E-state index is 12.8. The fourth-order valence-corrected chi connectivity index (χ4v) is 3.16. The van der Waals surface area contributed by atoms with Crippen molar-refractivity contribution in [2.45, 2.75) is 3.79 Å². The molecule has 0 saturated heterocycles. The number of anilines is 3. The Hall–Kier alpha value is -2.39. The highest BCUT2D eigenvalue weighted by atomic mass is 35.6. The maximum Gasteiger partial charge on any atom is 0.336 e. The zero-order valence-corrected chi connectivity index (χ0v) is 17.1. The van der Waals surface area contributed by atoms with Gasteiger partial charge in [-0.15, -0.1) is 0 Å². The van der Waals surface area contributed by atoms with Gasteiger partial charge in [0, 0.05) is 17.2 Å². The van der Waals surface area contributed by atoms with Crippen molar-refractivity contribution in [2.75, 3.05) is 15.5 Å². The van der Waals surface area contributed by atoms with E-state index in [1.165, 1.54) is 0 Å². The fourth-order valence-electron chi connectivity index (χ4n) is 2.14. The third kappa shape index (κ3) is 5.11. The second-order valence-corrected chi connectivity index (χ2v) is 8.35. The van der Waals surface area contributed by atoms with E-state index in [4.69, 9.17) is 34.8 Å². The zero-order valence-electron chi connectivity index (χ0n) is 14.0. The second kappa shape index (κ2) is 8.74. The van der Waals surface area contributed by atoms with Gasteiger partial charge in [0.15, 0.2) is 5.82 Å². The summed E-state index contributed by atoms with van der Waals surface area (Å²) in [4.78, 5) is 30.5. The van der Waals surface area contributed by atoms with Crippen LogP contribution in [0.2, 0.25) is 0 Å². The number of alkyl halides is 3. The first-order chi connectivity index (χ1) is 13.3. The number of halogens is 3. The van der Waals surface area contributed by atoms with Gasteiger partial charge in [-0.1, -0.05) is 71.2 Å². The number of rotatable bonds is 3. The Kier molecular flexibility index (Phi) is 6.35. The lowest BCUT2D eigenvalue weighted by molar-refractivity contribution is 0.246. The van der Waals surface area contributed by atoms with Crippen LogP contribution in [-0.2, 0) is 3.79 Å². The molecule has 1 aromatic heterocycles. The van der Waals surface area contributed by atoms with Crippen molar-refractivity contribution in [3.05, 3.63) is 66.5 Å². The number of carbonyl (C=O) groups is 2. The standard InChI is InChI=1S/C17H12Cl3N5O2S/c18-17(19,20)13-22-14(28-24-13)23-16(27)25(12-9-5-2-6-10-12)15(26)21-11-7-3-1-4-8-11/h1-10H,(H,21,26)(H,22,23,24,27). The Balaban J connectivity index is 1.83. The summed E-state index contributed by atoms with van der Waals surface area (Å²) in [5, 5.41) is 5.24. The number of benzene rings is 2. The summed E-state index contributed by atoms with van der Waals surface area (Å²) in [6.07, 6.45) is 0. The minimum absolute atomic E-state index is 0.0715. The second-order valence-electron chi connectivity index (χ2n) is 5.32. The van der Waals surface area contributed by atoms with Crippen molar-refractivity contribution in [1.82, 2.24) is 9.36 Å². The molecule has 4 amide bonds. The number of urea groups is 2. The van der Waals surface area contributed by atoms with Crippen molar-refractivity contribution in [2.24, 2.45) is 0 Å². The summed E-state index contributed by atoms with van der Waals surface area (Å²) in [7, 11) is 0. The third-order valence-corrected chi connectivity index (χ3v) is 4.48. The van der Waals surface area contributed by atoms with Gasteiger partial charge in [0.2, 0.25) is 5.13 Å². The lowest BCUT2D eigenvalue weighted by atomic mass is 10.3. The SMILES string of the molecule is O=C(Nc1ccccc1)N(C(=O)Nc1nc(C(Cl)(Cl)Cl)ns1)c1ccccc1. The summed E-state index contributed by atoms with van der Waals surface area (Å²) < 4.78 is 2.07. The first kappa shape index (κ1) is 20.3. The molecule has 2 N–H and O–H groups in total. The number of amides is 4. The summed E-state index contributed by atoms with van der Waals surface area (Å²) >= 11 is 18.0. The molecule has 2 aromatic carbocycles. The van der Waals surface area contributed by atoms with Gasteiger partial charge in [-0.2, -0.15) is 9.36 Å². The molecule has 28 heavy (non-hydrogen) atoms. The summed E-state index contributed by atoms with van der Waals surface area (Å²) in [5.74, 6) is -0.0715. The van der Waals surface area contributed by atoms with Gasteiger partial charge >= 0.3 is 12.1 Å². The van der Waals surface area contributed by atoms with Gasteiger partial charge in [-0.25, -0.2) is 14.5 Å². The molecule has 0 atom stereocenters. The van der Waals surface area contributed by atoms with Crippen LogP contribution < -0.4 is 15.5 Å². The maximum atomic E-state index is 12.8. The highest BCUT2D eigenvalue weighted by Crippen LogP contribution is 2.37. The lowest BCUT2D eigenvalue weighted by Gasteiger charge is -2.21. The zero-order chi connectivity index (χ0) is 20.1. The average molecular weight is 457 g/mol. The summed E-state index contributed by atoms with van der Waals surface area (Å²) in [6.45, 7) is 0. The van der Waals surface area contributed by atoms with E-state index in [0.717, 1.165) is 16.4 Å². The summed E-state index contributed by atoms with van der Waals surface area (Å²) in [6, 6.07) is 15.8. The van der Waals surface area contributed by atoms with Gasteiger partial charge in [0.1, 0.15) is 0 Å². The van der Waals surface area contributed by atoms with Crippen LogP contribution in [0, 0.1) is 0 Å². The molecular formula is C17H12Cl3N5O2S. The number of para-hydroxylation sites is 2. The smallest absolute Gasteiger partial charge is 0.307 e. The Morgan fingerprint density at radius 3 is 2.04 bits per heavy atom. The summed E-state index contributed by atoms with van der Waals surface area (Å²) in [5.41, 5.74) is 0.898. The van der Waals surface area contributed by atoms with E-state index in [-0.39, 0.29) is 11.0 Å². The van der Waals surface area contributed by atoms with Crippen LogP contribution in [0.3, 0.4) is 0 Å². The molecule has 0 aliphatic heterocycles. The molecule has 0 unspecified atom stereocenters. The quantitative estimate of drug-likeness (QED) is 0.500. The van der Waals surface area contributed by atoms with Crippen molar-refractivity contribution < 1.29 is 9.59 Å². The molecule has 0 spiro atoms. The Morgan fingerprint density at radius 2 is 1.46 bits per heavy atom. The predicted octanol–water partition coefficient (Wildman–Crippen LogP) is 5.64.